The number of hydrogen-bond acceptors (Lipinski definition) is 3. The first-order valence-electron chi connectivity index (χ1n) is 9.83. The molecule has 1 aliphatic heterocycles. The van der Waals surface area contributed by atoms with Crippen molar-refractivity contribution >= 4 is 18.7 Å². The lowest BCUT2D eigenvalue weighted by Crippen LogP contribution is -2.66. The Labute approximate surface area is 164 Å². The second-order valence-electron chi connectivity index (χ2n) is 8.91. The minimum Gasteiger partial charge on any atom is -0.407 e. The molecule has 0 bridgehead atoms. The molecule has 1 saturated heterocycles. The van der Waals surface area contributed by atoms with E-state index in [0.29, 0.717) is 19.1 Å². The Kier molecular flexibility index (Phi) is 5.92. The van der Waals surface area contributed by atoms with Crippen molar-refractivity contribution in [3.05, 3.63) is 60.7 Å². The van der Waals surface area contributed by atoms with Crippen LogP contribution in [-0.4, -0.2) is 38.8 Å². The summed E-state index contributed by atoms with van der Waals surface area (Å²) in [7, 11) is -2.48. The third-order valence-corrected chi connectivity index (χ3v) is 10.6. The van der Waals surface area contributed by atoms with Crippen molar-refractivity contribution in [2.45, 2.75) is 44.8 Å². The molecule has 3 rings (SSSR count). The lowest BCUT2D eigenvalue weighted by Gasteiger charge is -2.43. The zero-order valence-corrected chi connectivity index (χ0v) is 17.9. The van der Waals surface area contributed by atoms with Crippen molar-refractivity contribution in [3.8, 4) is 0 Å². The third-order valence-electron chi connectivity index (χ3n) is 5.56. The van der Waals surface area contributed by atoms with Gasteiger partial charge in [-0.05, 0) is 27.8 Å². The van der Waals surface area contributed by atoms with Gasteiger partial charge in [-0.3, -0.25) is 0 Å². The Morgan fingerprint density at radius 3 is 1.89 bits per heavy atom. The number of epoxide rings is 1. The third kappa shape index (κ3) is 4.19. The molecule has 1 heterocycles. The Morgan fingerprint density at radius 2 is 1.52 bits per heavy atom. The van der Waals surface area contributed by atoms with Crippen molar-refractivity contribution in [2.24, 2.45) is 5.92 Å². The van der Waals surface area contributed by atoms with Crippen LogP contribution in [0.5, 0.6) is 0 Å². The number of aliphatic hydroxyl groups is 1. The van der Waals surface area contributed by atoms with Crippen LogP contribution in [0.3, 0.4) is 0 Å². The van der Waals surface area contributed by atoms with Crippen LogP contribution in [0, 0.1) is 5.92 Å². The highest BCUT2D eigenvalue weighted by atomic mass is 28.4. The van der Waals surface area contributed by atoms with E-state index in [4.69, 9.17) is 9.16 Å². The van der Waals surface area contributed by atoms with E-state index < -0.39 is 8.32 Å². The van der Waals surface area contributed by atoms with Gasteiger partial charge in [-0.25, -0.2) is 0 Å². The van der Waals surface area contributed by atoms with Crippen LogP contribution in [0.25, 0.3) is 0 Å². The monoisotopic (exact) mass is 384 g/mol. The van der Waals surface area contributed by atoms with Gasteiger partial charge in [-0.15, -0.1) is 0 Å². The fraction of sp³-hybridized carbons (Fsp3) is 0.478. The van der Waals surface area contributed by atoms with Gasteiger partial charge in [0.2, 0.25) is 0 Å². The number of aliphatic hydroxyl groups excluding tert-OH is 1. The maximum Gasteiger partial charge on any atom is 0.261 e. The van der Waals surface area contributed by atoms with Gasteiger partial charge in [0.05, 0.1) is 13.2 Å². The van der Waals surface area contributed by atoms with E-state index in [0.717, 1.165) is 6.42 Å². The second-order valence-corrected chi connectivity index (χ2v) is 13.2. The van der Waals surface area contributed by atoms with Gasteiger partial charge >= 0.3 is 0 Å². The van der Waals surface area contributed by atoms with Gasteiger partial charge in [0, 0.05) is 6.61 Å². The van der Waals surface area contributed by atoms with Crippen molar-refractivity contribution < 1.29 is 14.3 Å². The summed E-state index contributed by atoms with van der Waals surface area (Å²) in [6.07, 6.45) is 0.835. The number of hydrogen-bond donors (Lipinski definition) is 1. The summed E-state index contributed by atoms with van der Waals surface area (Å²) in [5, 5.41) is 12.2. The smallest absolute Gasteiger partial charge is 0.261 e. The number of ether oxygens (including phenoxy) is 1. The van der Waals surface area contributed by atoms with Crippen LogP contribution < -0.4 is 10.4 Å². The molecule has 2 atom stereocenters. The Morgan fingerprint density at radius 1 is 1.04 bits per heavy atom. The molecule has 2 aromatic carbocycles. The van der Waals surface area contributed by atoms with Crippen LogP contribution in [-0.2, 0) is 9.16 Å². The van der Waals surface area contributed by atoms with Crippen LogP contribution >= 0.6 is 0 Å². The summed E-state index contributed by atoms with van der Waals surface area (Å²) in [5.41, 5.74) is -0.325. The largest absolute Gasteiger partial charge is 0.407 e. The van der Waals surface area contributed by atoms with Crippen LogP contribution in [0.2, 0.25) is 5.04 Å². The first-order valence-corrected chi connectivity index (χ1v) is 11.7. The summed E-state index contributed by atoms with van der Waals surface area (Å²) < 4.78 is 12.4. The van der Waals surface area contributed by atoms with E-state index in [1.54, 1.807) is 0 Å². The molecule has 1 N–H and O–H groups in total. The van der Waals surface area contributed by atoms with Gasteiger partial charge in [0.25, 0.3) is 8.32 Å². The zero-order valence-electron chi connectivity index (χ0n) is 16.9. The average Bonchev–Trinajstić information content (AvgIpc) is 3.43. The standard InChI is InChI=1S/C23H32O3Si/c1-19(15-23(17-24)18-25-23)16-26-27(22(2,3)4,20-11-7-5-8-12-20)21-13-9-6-10-14-21/h5-14,19,24H,15-18H2,1-4H3/t19-,23-/m1/s1. The molecule has 4 heteroatoms. The van der Waals surface area contributed by atoms with Gasteiger partial charge in [0.15, 0.2) is 0 Å². The second kappa shape index (κ2) is 7.88. The highest BCUT2D eigenvalue weighted by Crippen LogP contribution is 2.38. The van der Waals surface area contributed by atoms with Crippen LogP contribution in [0.1, 0.15) is 34.1 Å². The molecule has 0 aliphatic carbocycles. The fourth-order valence-corrected chi connectivity index (χ4v) is 8.79. The molecule has 0 saturated carbocycles. The molecular weight excluding hydrogens is 352 g/mol. The predicted molar refractivity (Wildman–Crippen MR) is 113 cm³/mol. The average molecular weight is 385 g/mol. The first-order chi connectivity index (χ1) is 12.8. The lowest BCUT2D eigenvalue weighted by molar-refractivity contribution is 0.133. The summed E-state index contributed by atoms with van der Waals surface area (Å²) in [6, 6.07) is 21.4. The van der Waals surface area contributed by atoms with E-state index >= 15 is 0 Å². The maximum atomic E-state index is 9.56. The number of rotatable bonds is 8. The highest BCUT2D eigenvalue weighted by molar-refractivity contribution is 6.99. The summed E-state index contributed by atoms with van der Waals surface area (Å²) in [6.45, 7) is 10.5. The Hall–Kier alpha value is -1.46. The first kappa shape index (κ1) is 20.3. The minimum atomic E-state index is -2.48. The molecule has 0 aromatic heterocycles. The molecule has 0 unspecified atom stereocenters. The van der Waals surface area contributed by atoms with E-state index in [9.17, 15) is 5.11 Å². The summed E-state index contributed by atoms with van der Waals surface area (Å²) in [5.74, 6) is 0.321. The minimum absolute atomic E-state index is 0.0137. The zero-order chi connectivity index (χ0) is 19.5. The van der Waals surface area contributed by atoms with Crippen molar-refractivity contribution in [1.29, 1.82) is 0 Å². The van der Waals surface area contributed by atoms with E-state index in [-0.39, 0.29) is 17.2 Å². The summed E-state index contributed by atoms with van der Waals surface area (Å²) >= 11 is 0. The van der Waals surface area contributed by atoms with E-state index in [2.05, 4.69) is 88.4 Å². The SMILES string of the molecule is C[C@@H](CO[Si](c1ccccc1)(c1ccccc1)C(C)(C)C)C[C@@]1(CO)CO1. The molecule has 1 fully saturated rings. The molecule has 27 heavy (non-hydrogen) atoms. The molecule has 3 nitrogen and oxygen atoms in total. The maximum absolute atomic E-state index is 9.56. The topological polar surface area (TPSA) is 42.0 Å². The molecular formula is C23H32O3Si. The van der Waals surface area contributed by atoms with E-state index in [1.165, 1.54) is 10.4 Å². The molecule has 0 spiro atoms. The van der Waals surface area contributed by atoms with Crippen molar-refractivity contribution in [2.75, 3.05) is 19.8 Å². The summed E-state index contributed by atoms with van der Waals surface area (Å²) in [4.78, 5) is 0. The lowest BCUT2D eigenvalue weighted by atomic mass is 9.98. The molecule has 146 valence electrons. The quantitative estimate of drug-likeness (QED) is 0.561. The van der Waals surface area contributed by atoms with Gasteiger partial charge < -0.3 is 14.3 Å². The molecule has 1 aliphatic rings. The Balaban J connectivity index is 1.94. The highest BCUT2D eigenvalue weighted by Gasteiger charge is 2.51. The van der Waals surface area contributed by atoms with Gasteiger partial charge in [0.1, 0.15) is 5.60 Å². The molecule has 2 aromatic rings. The molecule has 0 radical (unpaired) electrons. The van der Waals surface area contributed by atoms with Crippen LogP contribution in [0.15, 0.2) is 60.7 Å². The number of benzene rings is 2. The van der Waals surface area contributed by atoms with Crippen molar-refractivity contribution in [1.82, 2.24) is 0 Å². The fourth-order valence-electron chi connectivity index (χ4n) is 4.10. The predicted octanol–water partition coefficient (Wildman–Crippen LogP) is 3.35. The Bertz CT molecular complexity index is 681. The normalized spacial score (nSPS) is 21.1. The molecule has 0 amide bonds. The van der Waals surface area contributed by atoms with Gasteiger partial charge in [-0.2, -0.15) is 0 Å². The van der Waals surface area contributed by atoms with E-state index in [1.807, 2.05) is 0 Å². The van der Waals surface area contributed by atoms with Crippen LogP contribution in [0.4, 0.5) is 0 Å². The van der Waals surface area contributed by atoms with Gasteiger partial charge in [-0.1, -0.05) is 88.4 Å². The van der Waals surface area contributed by atoms with Crippen molar-refractivity contribution in [3.63, 3.8) is 0 Å².